The van der Waals surface area contributed by atoms with Crippen LogP contribution in [0.2, 0.25) is 0 Å². The van der Waals surface area contributed by atoms with Crippen LogP contribution in [0.25, 0.3) is 0 Å². The Bertz CT molecular complexity index is 507. The summed E-state index contributed by atoms with van der Waals surface area (Å²) < 4.78 is 5.36. The molecule has 6 heteroatoms. The molecule has 0 saturated heterocycles. The second-order valence-electron chi connectivity index (χ2n) is 6.54. The Morgan fingerprint density at radius 2 is 1.81 bits per heavy atom. The smallest absolute Gasteiger partial charge is 0.329 e. The quantitative estimate of drug-likeness (QED) is 0.833. The number of amides is 1. The zero-order chi connectivity index (χ0) is 16.4. The lowest BCUT2D eigenvalue weighted by Crippen LogP contribution is -2.47. The fourth-order valence-electron chi connectivity index (χ4n) is 1.96. The molecule has 1 rings (SSSR count). The van der Waals surface area contributed by atoms with Crippen molar-refractivity contribution in [3.8, 4) is 0 Å². The highest BCUT2D eigenvalue weighted by Crippen LogP contribution is 2.14. The van der Waals surface area contributed by atoms with Gasteiger partial charge in [-0.25, -0.2) is 4.79 Å². The highest BCUT2D eigenvalue weighted by molar-refractivity contribution is 5.98. The molecule has 1 aromatic rings. The van der Waals surface area contributed by atoms with Gasteiger partial charge in [0.2, 0.25) is 0 Å². The number of H-pyrrole nitrogens is 1. The molecule has 118 valence electrons. The average molecular weight is 295 g/mol. The number of rotatable bonds is 4. The van der Waals surface area contributed by atoms with Crippen LogP contribution in [0.1, 0.15) is 56.4 Å². The molecule has 0 aliphatic heterocycles. The van der Waals surface area contributed by atoms with Crippen molar-refractivity contribution in [1.29, 1.82) is 0 Å². The number of aromatic amines is 1. The number of carbonyl (C=O) groups is 2. The minimum Gasteiger partial charge on any atom is -0.458 e. The fraction of sp³-hybridized carbons (Fsp3) is 0.667. The molecule has 1 amide bonds. The predicted molar refractivity (Wildman–Crippen MR) is 80.0 cm³/mol. The van der Waals surface area contributed by atoms with E-state index in [9.17, 15) is 9.59 Å². The molecule has 0 saturated carbocycles. The molecule has 0 radical (unpaired) electrons. The highest BCUT2D eigenvalue weighted by atomic mass is 16.6. The lowest BCUT2D eigenvalue weighted by Gasteiger charge is -2.26. The van der Waals surface area contributed by atoms with Gasteiger partial charge in [-0.1, -0.05) is 13.8 Å². The van der Waals surface area contributed by atoms with Gasteiger partial charge in [0.1, 0.15) is 11.6 Å². The van der Waals surface area contributed by atoms with E-state index < -0.39 is 17.6 Å². The molecule has 0 bridgehead atoms. The predicted octanol–water partition coefficient (Wildman–Crippen LogP) is 2.12. The number of aromatic nitrogens is 2. The van der Waals surface area contributed by atoms with E-state index in [4.69, 9.17) is 4.74 Å². The number of ether oxygens (including phenoxy) is 1. The standard InChI is InChI=1S/C15H25N3O3/c1-8(2)12(14(20)21-15(5,6)7)16-13(19)11-9(3)17-18-10(11)4/h8,12H,1-7H3,(H,16,19)(H,17,18)/t12-/m0/s1. The molecule has 1 atom stereocenters. The summed E-state index contributed by atoms with van der Waals surface area (Å²) >= 11 is 0. The minimum absolute atomic E-state index is 0.0729. The Morgan fingerprint density at radius 3 is 2.19 bits per heavy atom. The van der Waals surface area contributed by atoms with E-state index in [0.717, 1.165) is 0 Å². The number of aryl methyl sites for hydroxylation is 2. The van der Waals surface area contributed by atoms with Gasteiger partial charge in [0, 0.05) is 5.69 Å². The molecular formula is C15H25N3O3. The highest BCUT2D eigenvalue weighted by Gasteiger charge is 2.30. The van der Waals surface area contributed by atoms with Gasteiger partial charge in [-0.05, 0) is 40.5 Å². The Hall–Kier alpha value is -1.85. The van der Waals surface area contributed by atoms with Crippen LogP contribution in [-0.4, -0.2) is 33.7 Å². The summed E-state index contributed by atoms with van der Waals surface area (Å²) in [6.45, 7) is 12.6. The molecule has 6 nitrogen and oxygen atoms in total. The first-order valence-electron chi connectivity index (χ1n) is 7.08. The number of hydrogen-bond acceptors (Lipinski definition) is 4. The van der Waals surface area contributed by atoms with Crippen molar-refractivity contribution >= 4 is 11.9 Å². The summed E-state index contributed by atoms with van der Waals surface area (Å²) in [4.78, 5) is 24.6. The second kappa shape index (κ2) is 6.28. The van der Waals surface area contributed by atoms with E-state index in [1.807, 2.05) is 13.8 Å². The van der Waals surface area contributed by atoms with Gasteiger partial charge in [0.15, 0.2) is 0 Å². The summed E-state index contributed by atoms with van der Waals surface area (Å²) in [5.74, 6) is -0.815. The van der Waals surface area contributed by atoms with Gasteiger partial charge in [-0.2, -0.15) is 5.10 Å². The van der Waals surface area contributed by atoms with E-state index >= 15 is 0 Å². The molecule has 0 spiro atoms. The minimum atomic E-state index is -0.689. The van der Waals surface area contributed by atoms with Crippen LogP contribution in [0.5, 0.6) is 0 Å². The SMILES string of the molecule is Cc1n[nH]c(C)c1C(=O)N[C@H](C(=O)OC(C)(C)C)C(C)C. The zero-order valence-corrected chi connectivity index (χ0v) is 13.8. The molecule has 0 unspecified atom stereocenters. The van der Waals surface area contributed by atoms with E-state index in [2.05, 4.69) is 15.5 Å². The van der Waals surface area contributed by atoms with Crippen LogP contribution in [0.15, 0.2) is 0 Å². The van der Waals surface area contributed by atoms with E-state index in [0.29, 0.717) is 17.0 Å². The zero-order valence-electron chi connectivity index (χ0n) is 13.8. The van der Waals surface area contributed by atoms with Crippen LogP contribution < -0.4 is 5.32 Å². The molecule has 21 heavy (non-hydrogen) atoms. The van der Waals surface area contributed by atoms with Crippen LogP contribution >= 0.6 is 0 Å². The van der Waals surface area contributed by atoms with Crippen molar-refractivity contribution in [3.63, 3.8) is 0 Å². The molecule has 0 fully saturated rings. The summed E-state index contributed by atoms with van der Waals surface area (Å²) in [6.07, 6.45) is 0. The van der Waals surface area contributed by atoms with Crippen LogP contribution in [-0.2, 0) is 9.53 Å². The van der Waals surface area contributed by atoms with Crippen molar-refractivity contribution in [2.75, 3.05) is 0 Å². The van der Waals surface area contributed by atoms with Crippen molar-refractivity contribution in [1.82, 2.24) is 15.5 Å². The Morgan fingerprint density at radius 1 is 1.24 bits per heavy atom. The van der Waals surface area contributed by atoms with Crippen LogP contribution in [0.3, 0.4) is 0 Å². The third kappa shape index (κ3) is 4.58. The first-order chi connectivity index (χ1) is 9.53. The third-order valence-corrected chi connectivity index (χ3v) is 2.97. The first-order valence-corrected chi connectivity index (χ1v) is 7.08. The largest absolute Gasteiger partial charge is 0.458 e. The normalized spacial score (nSPS) is 13.1. The molecule has 2 N–H and O–H groups in total. The average Bonchev–Trinajstić information content (AvgIpc) is 2.63. The van der Waals surface area contributed by atoms with Gasteiger partial charge in [0.05, 0.1) is 11.3 Å². The van der Waals surface area contributed by atoms with Gasteiger partial charge in [0.25, 0.3) is 5.91 Å². The molecule has 0 aliphatic rings. The maximum Gasteiger partial charge on any atom is 0.329 e. The van der Waals surface area contributed by atoms with Crippen molar-refractivity contribution in [2.24, 2.45) is 5.92 Å². The van der Waals surface area contributed by atoms with Gasteiger partial charge < -0.3 is 10.1 Å². The molecule has 1 aromatic heterocycles. The third-order valence-electron chi connectivity index (χ3n) is 2.97. The number of nitrogens with zero attached hydrogens (tertiary/aromatic N) is 1. The fourth-order valence-corrected chi connectivity index (χ4v) is 1.96. The number of hydrogen-bond donors (Lipinski definition) is 2. The molecule has 0 aliphatic carbocycles. The Kier molecular flexibility index (Phi) is 5.15. The summed E-state index contributed by atoms with van der Waals surface area (Å²) in [6, 6.07) is -0.689. The van der Waals surface area contributed by atoms with E-state index in [1.54, 1.807) is 34.6 Å². The molecule has 1 heterocycles. The van der Waals surface area contributed by atoms with Crippen molar-refractivity contribution < 1.29 is 14.3 Å². The maximum atomic E-state index is 12.4. The number of nitrogens with one attached hydrogen (secondary N) is 2. The lowest BCUT2D eigenvalue weighted by molar-refractivity contribution is -0.158. The number of carbonyl (C=O) groups excluding carboxylic acids is 2. The Labute approximate surface area is 125 Å². The molecule has 0 aromatic carbocycles. The van der Waals surface area contributed by atoms with Gasteiger partial charge in [-0.3, -0.25) is 9.89 Å². The Balaban J connectivity index is 2.89. The van der Waals surface area contributed by atoms with Crippen LogP contribution in [0, 0.1) is 19.8 Å². The van der Waals surface area contributed by atoms with Crippen molar-refractivity contribution in [3.05, 3.63) is 17.0 Å². The second-order valence-corrected chi connectivity index (χ2v) is 6.54. The van der Waals surface area contributed by atoms with E-state index in [-0.39, 0.29) is 11.8 Å². The summed E-state index contributed by atoms with van der Waals surface area (Å²) in [7, 11) is 0. The first kappa shape index (κ1) is 17.2. The number of esters is 1. The monoisotopic (exact) mass is 295 g/mol. The summed E-state index contributed by atoms with van der Waals surface area (Å²) in [5, 5.41) is 9.50. The lowest BCUT2D eigenvalue weighted by atomic mass is 10.0. The van der Waals surface area contributed by atoms with E-state index in [1.165, 1.54) is 0 Å². The summed E-state index contributed by atoms with van der Waals surface area (Å²) in [5.41, 5.74) is 1.17. The van der Waals surface area contributed by atoms with Gasteiger partial charge >= 0.3 is 5.97 Å². The maximum absolute atomic E-state index is 12.4. The molecular weight excluding hydrogens is 270 g/mol. The van der Waals surface area contributed by atoms with Crippen LogP contribution in [0.4, 0.5) is 0 Å². The van der Waals surface area contributed by atoms with Crippen molar-refractivity contribution in [2.45, 2.75) is 60.1 Å². The van der Waals surface area contributed by atoms with Gasteiger partial charge in [-0.15, -0.1) is 0 Å². The topological polar surface area (TPSA) is 84.1 Å².